The normalized spacial score (nSPS) is 15.2. The van der Waals surface area contributed by atoms with E-state index in [2.05, 4.69) is 0 Å². The Bertz CT molecular complexity index is 519. The monoisotopic (exact) mass is 309 g/mol. The third-order valence-corrected chi connectivity index (χ3v) is 5.03. The second-order valence-corrected chi connectivity index (χ2v) is 7.71. The second-order valence-electron chi connectivity index (χ2n) is 6.58. The van der Waals surface area contributed by atoms with Gasteiger partial charge in [0.2, 0.25) is 0 Å². The summed E-state index contributed by atoms with van der Waals surface area (Å²) in [6, 6.07) is 1.98. The molecule has 0 atom stereocenters. The SMILES string of the molecule is CC(C)(C)N(CC(=O)O)C(=O)c1cc2c(s1)CCCCC2. The molecule has 4 nitrogen and oxygen atoms in total. The molecule has 0 saturated carbocycles. The largest absolute Gasteiger partial charge is 0.480 e. The first-order chi connectivity index (χ1) is 9.79. The van der Waals surface area contributed by atoms with Crippen molar-refractivity contribution >= 4 is 23.2 Å². The molecule has 1 aromatic rings. The number of carbonyl (C=O) groups is 2. The van der Waals surface area contributed by atoms with E-state index in [1.54, 1.807) is 11.3 Å². The summed E-state index contributed by atoms with van der Waals surface area (Å²) in [7, 11) is 0. The highest BCUT2D eigenvalue weighted by Gasteiger charge is 2.30. The molecule has 5 heteroatoms. The molecule has 1 aliphatic carbocycles. The number of amides is 1. The zero-order valence-corrected chi connectivity index (χ0v) is 13.8. The minimum atomic E-state index is -0.976. The highest BCUT2D eigenvalue weighted by molar-refractivity contribution is 7.14. The van der Waals surface area contributed by atoms with Gasteiger partial charge in [0.15, 0.2) is 0 Å². The van der Waals surface area contributed by atoms with Crippen LogP contribution in [0.15, 0.2) is 6.07 Å². The van der Waals surface area contributed by atoms with E-state index in [9.17, 15) is 9.59 Å². The van der Waals surface area contributed by atoms with Gasteiger partial charge >= 0.3 is 5.97 Å². The molecule has 0 aliphatic heterocycles. The fourth-order valence-electron chi connectivity index (χ4n) is 2.65. The molecule has 0 spiro atoms. The maximum Gasteiger partial charge on any atom is 0.323 e. The molecule has 1 amide bonds. The van der Waals surface area contributed by atoms with Crippen LogP contribution in [-0.2, 0) is 17.6 Å². The van der Waals surface area contributed by atoms with Gasteiger partial charge in [-0.05, 0) is 58.1 Å². The lowest BCUT2D eigenvalue weighted by Crippen LogP contribution is -2.48. The van der Waals surface area contributed by atoms with E-state index < -0.39 is 11.5 Å². The van der Waals surface area contributed by atoms with Gasteiger partial charge in [0, 0.05) is 10.4 Å². The van der Waals surface area contributed by atoms with Crippen LogP contribution in [0.25, 0.3) is 0 Å². The summed E-state index contributed by atoms with van der Waals surface area (Å²) in [5, 5.41) is 9.05. The molecular weight excluding hydrogens is 286 g/mol. The summed E-state index contributed by atoms with van der Waals surface area (Å²) in [5.41, 5.74) is 0.779. The van der Waals surface area contributed by atoms with Gasteiger partial charge in [0.05, 0.1) is 4.88 Å². The van der Waals surface area contributed by atoms with Gasteiger partial charge in [0.25, 0.3) is 5.91 Å². The Morgan fingerprint density at radius 3 is 2.52 bits per heavy atom. The number of rotatable bonds is 3. The Kier molecular flexibility index (Phi) is 4.71. The van der Waals surface area contributed by atoms with E-state index in [4.69, 9.17) is 5.11 Å². The average Bonchev–Trinajstić information content (AvgIpc) is 2.65. The molecule has 1 aliphatic rings. The van der Waals surface area contributed by atoms with E-state index in [1.807, 2.05) is 26.8 Å². The lowest BCUT2D eigenvalue weighted by atomic mass is 10.1. The summed E-state index contributed by atoms with van der Waals surface area (Å²) >= 11 is 1.54. The molecular formula is C16H23NO3S. The van der Waals surface area contributed by atoms with Crippen molar-refractivity contribution in [2.24, 2.45) is 0 Å². The van der Waals surface area contributed by atoms with Crippen molar-refractivity contribution in [1.29, 1.82) is 0 Å². The maximum absolute atomic E-state index is 12.7. The van der Waals surface area contributed by atoms with Gasteiger partial charge in [-0.3, -0.25) is 9.59 Å². The molecule has 21 heavy (non-hydrogen) atoms. The van der Waals surface area contributed by atoms with Crippen molar-refractivity contribution in [1.82, 2.24) is 4.90 Å². The van der Waals surface area contributed by atoms with Crippen molar-refractivity contribution in [3.05, 3.63) is 21.4 Å². The summed E-state index contributed by atoms with van der Waals surface area (Å²) in [6.45, 7) is 5.34. The number of aliphatic carboxylic acids is 1. The molecule has 0 fully saturated rings. The molecule has 0 unspecified atom stereocenters. The Morgan fingerprint density at radius 2 is 1.90 bits per heavy atom. The van der Waals surface area contributed by atoms with E-state index in [1.165, 1.54) is 34.6 Å². The van der Waals surface area contributed by atoms with Crippen molar-refractivity contribution in [2.75, 3.05) is 6.54 Å². The molecule has 1 aromatic heterocycles. The van der Waals surface area contributed by atoms with E-state index >= 15 is 0 Å². The van der Waals surface area contributed by atoms with Crippen LogP contribution in [0.2, 0.25) is 0 Å². The number of thiophene rings is 1. The minimum absolute atomic E-state index is 0.164. The zero-order chi connectivity index (χ0) is 15.6. The molecule has 2 rings (SSSR count). The first kappa shape index (κ1) is 16.0. The minimum Gasteiger partial charge on any atom is -0.480 e. The van der Waals surface area contributed by atoms with E-state index in [0.717, 1.165) is 12.8 Å². The van der Waals surface area contributed by atoms with Crippen LogP contribution in [0.3, 0.4) is 0 Å². The number of nitrogens with zero attached hydrogens (tertiary/aromatic N) is 1. The van der Waals surface area contributed by atoms with Crippen LogP contribution >= 0.6 is 11.3 Å². The standard InChI is InChI=1S/C16H23NO3S/c1-16(2,3)17(10-14(18)19)15(20)13-9-11-7-5-4-6-8-12(11)21-13/h9H,4-8,10H2,1-3H3,(H,18,19). The van der Waals surface area contributed by atoms with Gasteiger partial charge in [-0.1, -0.05) is 6.42 Å². The summed E-state index contributed by atoms with van der Waals surface area (Å²) in [6.07, 6.45) is 5.68. The number of carbonyl (C=O) groups excluding carboxylic acids is 1. The van der Waals surface area contributed by atoms with Gasteiger partial charge in [0.1, 0.15) is 6.54 Å². The molecule has 0 saturated heterocycles. The number of aryl methyl sites for hydroxylation is 2. The zero-order valence-electron chi connectivity index (χ0n) is 12.9. The van der Waals surface area contributed by atoms with Gasteiger partial charge in [-0.2, -0.15) is 0 Å². The third-order valence-electron chi connectivity index (χ3n) is 3.81. The predicted molar refractivity (Wildman–Crippen MR) is 84.0 cm³/mol. The van der Waals surface area contributed by atoms with Gasteiger partial charge < -0.3 is 10.0 Å². The first-order valence-corrected chi connectivity index (χ1v) is 8.26. The predicted octanol–water partition coefficient (Wildman–Crippen LogP) is 3.34. The van der Waals surface area contributed by atoms with E-state index in [-0.39, 0.29) is 12.5 Å². The Hall–Kier alpha value is -1.36. The molecule has 0 bridgehead atoms. The van der Waals surface area contributed by atoms with E-state index in [0.29, 0.717) is 4.88 Å². The molecule has 1 heterocycles. The molecule has 0 aromatic carbocycles. The van der Waals surface area contributed by atoms with Crippen LogP contribution in [0, 0.1) is 0 Å². The number of fused-ring (bicyclic) bond motifs is 1. The third kappa shape index (κ3) is 3.84. The maximum atomic E-state index is 12.7. The van der Waals surface area contributed by atoms with Gasteiger partial charge in [-0.15, -0.1) is 11.3 Å². The summed E-state index contributed by atoms with van der Waals surface area (Å²) < 4.78 is 0. The van der Waals surface area contributed by atoms with Crippen molar-refractivity contribution in [3.63, 3.8) is 0 Å². The fraction of sp³-hybridized carbons (Fsp3) is 0.625. The Morgan fingerprint density at radius 1 is 1.24 bits per heavy atom. The van der Waals surface area contributed by atoms with Crippen LogP contribution in [0.5, 0.6) is 0 Å². The molecule has 1 N–H and O–H groups in total. The lowest BCUT2D eigenvalue weighted by Gasteiger charge is -2.34. The van der Waals surface area contributed by atoms with Crippen LogP contribution in [0.4, 0.5) is 0 Å². The topological polar surface area (TPSA) is 57.6 Å². The Labute approximate surface area is 129 Å². The lowest BCUT2D eigenvalue weighted by molar-refractivity contribution is -0.138. The number of hydrogen-bond acceptors (Lipinski definition) is 3. The van der Waals surface area contributed by atoms with Crippen LogP contribution in [0.1, 0.15) is 60.1 Å². The molecule has 116 valence electrons. The van der Waals surface area contributed by atoms with Gasteiger partial charge in [-0.25, -0.2) is 0 Å². The average molecular weight is 309 g/mol. The highest BCUT2D eigenvalue weighted by atomic mass is 32.1. The second kappa shape index (κ2) is 6.18. The van der Waals surface area contributed by atoms with Crippen LogP contribution < -0.4 is 0 Å². The number of carboxylic acids is 1. The summed E-state index contributed by atoms with van der Waals surface area (Å²) in [4.78, 5) is 27.2. The first-order valence-electron chi connectivity index (χ1n) is 7.44. The molecule has 0 radical (unpaired) electrons. The smallest absolute Gasteiger partial charge is 0.323 e. The number of hydrogen-bond donors (Lipinski definition) is 1. The highest BCUT2D eigenvalue weighted by Crippen LogP contribution is 2.30. The quantitative estimate of drug-likeness (QED) is 0.871. The van der Waals surface area contributed by atoms with Crippen LogP contribution in [-0.4, -0.2) is 34.0 Å². The van der Waals surface area contributed by atoms with Crippen molar-refractivity contribution < 1.29 is 14.7 Å². The van der Waals surface area contributed by atoms with Crippen molar-refractivity contribution in [3.8, 4) is 0 Å². The number of carboxylic acid groups (broad SMARTS) is 1. The fourth-order valence-corrected chi connectivity index (χ4v) is 3.86. The summed E-state index contributed by atoms with van der Waals surface area (Å²) in [5.74, 6) is -1.14. The van der Waals surface area contributed by atoms with Crippen molar-refractivity contribution in [2.45, 2.75) is 58.4 Å². The Balaban J connectivity index is 2.26.